The van der Waals surface area contributed by atoms with Crippen LogP contribution in [0.1, 0.15) is 5.56 Å². The summed E-state index contributed by atoms with van der Waals surface area (Å²) in [5.74, 6) is 0.808. The minimum Gasteiger partial charge on any atom is -0.508 e. The van der Waals surface area contributed by atoms with Crippen molar-refractivity contribution in [2.24, 2.45) is 0 Å². The molecule has 0 amide bonds. The number of hydrogen-bond donors (Lipinski definition) is 3. The predicted octanol–water partition coefficient (Wildman–Crippen LogP) is 3.78. The zero-order chi connectivity index (χ0) is 16.9. The lowest BCUT2D eigenvalue weighted by molar-refractivity contribution is 0.373. The Kier molecular flexibility index (Phi) is 4.52. The van der Waals surface area contributed by atoms with E-state index in [2.05, 4.69) is 10.3 Å². The molecule has 0 bridgehead atoms. The van der Waals surface area contributed by atoms with E-state index in [9.17, 15) is 10.2 Å². The van der Waals surface area contributed by atoms with E-state index in [-0.39, 0.29) is 11.5 Å². The largest absolute Gasteiger partial charge is 0.508 e. The van der Waals surface area contributed by atoms with Gasteiger partial charge in [0, 0.05) is 24.5 Å². The topological polar surface area (TPSA) is 74.6 Å². The fourth-order valence-electron chi connectivity index (χ4n) is 2.40. The van der Waals surface area contributed by atoms with Crippen molar-refractivity contribution in [1.82, 2.24) is 4.98 Å². The Morgan fingerprint density at radius 3 is 2.46 bits per heavy atom. The molecule has 0 saturated carbocycles. The highest BCUT2D eigenvalue weighted by Crippen LogP contribution is 2.27. The number of aromatic hydroxyl groups is 2. The molecule has 5 nitrogen and oxygen atoms in total. The van der Waals surface area contributed by atoms with E-state index in [0.717, 1.165) is 22.4 Å². The van der Waals surface area contributed by atoms with Gasteiger partial charge >= 0.3 is 0 Å². The second-order valence-corrected chi connectivity index (χ2v) is 5.37. The monoisotopic (exact) mass is 322 g/mol. The third-order valence-corrected chi connectivity index (χ3v) is 3.68. The molecular weight excluding hydrogens is 304 g/mol. The fraction of sp³-hybridized carbons (Fsp3) is 0.105. The smallest absolute Gasteiger partial charge is 0.160 e. The molecule has 3 rings (SSSR count). The fourth-order valence-corrected chi connectivity index (χ4v) is 2.40. The number of anilines is 1. The van der Waals surface area contributed by atoms with Crippen LogP contribution in [-0.2, 0) is 6.54 Å². The van der Waals surface area contributed by atoms with Crippen molar-refractivity contribution < 1.29 is 14.9 Å². The zero-order valence-corrected chi connectivity index (χ0v) is 13.2. The molecule has 0 fully saturated rings. The number of rotatable bonds is 5. The lowest BCUT2D eigenvalue weighted by Crippen LogP contribution is -2.00. The third kappa shape index (κ3) is 3.57. The molecule has 0 unspecified atom stereocenters. The van der Waals surface area contributed by atoms with E-state index in [4.69, 9.17) is 4.74 Å². The van der Waals surface area contributed by atoms with Crippen LogP contribution in [0.2, 0.25) is 0 Å². The van der Waals surface area contributed by atoms with Crippen LogP contribution >= 0.6 is 0 Å². The standard InChI is InChI=1S/C19H18N2O3/c1-24-19-7-2-13(8-18(19)23)10-21-16-9-15(11-20-12-16)14-3-5-17(22)6-4-14/h2-9,11-12,21-23H,10H2,1H3. The molecule has 24 heavy (non-hydrogen) atoms. The van der Waals surface area contributed by atoms with Crippen molar-refractivity contribution in [1.29, 1.82) is 0 Å². The second kappa shape index (κ2) is 6.91. The van der Waals surface area contributed by atoms with Crippen molar-refractivity contribution in [3.05, 3.63) is 66.5 Å². The van der Waals surface area contributed by atoms with Gasteiger partial charge in [-0.1, -0.05) is 18.2 Å². The van der Waals surface area contributed by atoms with E-state index in [1.165, 1.54) is 7.11 Å². The average Bonchev–Trinajstić information content (AvgIpc) is 2.61. The number of benzene rings is 2. The number of methoxy groups -OCH3 is 1. The van der Waals surface area contributed by atoms with Gasteiger partial charge < -0.3 is 20.3 Å². The van der Waals surface area contributed by atoms with Crippen LogP contribution in [0.4, 0.5) is 5.69 Å². The van der Waals surface area contributed by atoms with Gasteiger partial charge in [-0.25, -0.2) is 0 Å². The number of pyridine rings is 1. The molecule has 0 atom stereocenters. The summed E-state index contributed by atoms with van der Waals surface area (Å²) in [4.78, 5) is 4.25. The SMILES string of the molecule is COc1ccc(CNc2cncc(-c3ccc(O)cc3)c2)cc1O. The first kappa shape index (κ1) is 15.7. The maximum absolute atomic E-state index is 9.82. The molecule has 0 aliphatic rings. The van der Waals surface area contributed by atoms with Crippen molar-refractivity contribution in [2.45, 2.75) is 6.54 Å². The zero-order valence-electron chi connectivity index (χ0n) is 13.2. The van der Waals surface area contributed by atoms with Crippen molar-refractivity contribution in [2.75, 3.05) is 12.4 Å². The summed E-state index contributed by atoms with van der Waals surface area (Å²) < 4.78 is 5.04. The number of nitrogens with zero attached hydrogens (tertiary/aromatic N) is 1. The molecule has 2 aromatic carbocycles. The van der Waals surface area contributed by atoms with Crippen molar-refractivity contribution in [3.63, 3.8) is 0 Å². The molecule has 1 heterocycles. The minimum absolute atomic E-state index is 0.118. The van der Waals surface area contributed by atoms with Crippen LogP contribution in [0.15, 0.2) is 60.9 Å². The molecular formula is C19H18N2O3. The van der Waals surface area contributed by atoms with E-state index in [1.54, 1.807) is 36.7 Å². The maximum atomic E-state index is 9.82. The molecule has 122 valence electrons. The highest BCUT2D eigenvalue weighted by atomic mass is 16.5. The third-order valence-electron chi connectivity index (χ3n) is 3.68. The molecule has 5 heteroatoms. The highest BCUT2D eigenvalue weighted by molar-refractivity contribution is 5.67. The Labute approximate surface area is 140 Å². The highest BCUT2D eigenvalue weighted by Gasteiger charge is 2.04. The van der Waals surface area contributed by atoms with Gasteiger partial charge in [-0.15, -0.1) is 0 Å². The molecule has 3 N–H and O–H groups in total. The Morgan fingerprint density at radius 2 is 1.75 bits per heavy atom. The summed E-state index contributed by atoms with van der Waals surface area (Å²) in [6.45, 7) is 0.554. The quantitative estimate of drug-likeness (QED) is 0.666. The summed E-state index contributed by atoms with van der Waals surface area (Å²) in [5, 5.41) is 22.5. The van der Waals surface area contributed by atoms with Gasteiger partial charge in [0.2, 0.25) is 0 Å². The van der Waals surface area contributed by atoms with E-state index >= 15 is 0 Å². The van der Waals surface area contributed by atoms with E-state index < -0.39 is 0 Å². The second-order valence-electron chi connectivity index (χ2n) is 5.37. The number of nitrogens with one attached hydrogen (secondary N) is 1. The Hall–Kier alpha value is -3.21. The minimum atomic E-state index is 0.118. The van der Waals surface area contributed by atoms with E-state index in [0.29, 0.717) is 12.3 Å². The van der Waals surface area contributed by atoms with Crippen LogP contribution in [0.3, 0.4) is 0 Å². The van der Waals surface area contributed by atoms with Gasteiger partial charge in [-0.3, -0.25) is 4.98 Å². The van der Waals surface area contributed by atoms with Crippen LogP contribution in [0.25, 0.3) is 11.1 Å². The van der Waals surface area contributed by atoms with Crippen LogP contribution in [0, 0.1) is 0 Å². The molecule has 3 aromatic rings. The number of aromatic nitrogens is 1. The van der Waals surface area contributed by atoms with Gasteiger partial charge in [0.25, 0.3) is 0 Å². The molecule has 0 radical (unpaired) electrons. The van der Waals surface area contributed by atoms with E-state index in [1.807, 2.05) is 24.3 Å². The number of hydrogen-bond acceptors (Lipinski definition) is 5. The van der Waals surface area contributed by atoms with Crippen molar-refractivity contribution >= 4 is 5.69 Å². The molecule has 0 saturated heterocycles. The first-order valence-electron chi connectivity index (χ1n) is 7.50. The van der Waals surface area contributed by atoms with Gasteiger partial charge in [-0.05, 0) is 41.5 Å². The lowest BCUT2D eigenvalue weighted by Gasteiger charge is -2.10. The van der Waals surface area contributed by atoms with Gasteiger partial charge in [0.05, 0.1) is 12.8 Å². The summed E-state index contributed by atoms with van der Waals surface area (Å²) >= 11 is 0. The molecule has 0 spiro atoms. The normalized spacial score (nSPS) is 10.4. The van der Waals surface area contributed by atoms with Crippen LogP contribution in [0.5, 0.6) is 17.2 Å². The molecule has 0 aliphatic carbocycles. The van der Waals surface area contributed by atoms with Gasteiger partial charge in [0.15, 0.2) is 11.5 Å². The average molecular weight is 322 g/mol. The van der Waals surface area contributed by atoms with Crippen LogP contribution in [-0.4, -0.2) is 22.3 Å². The predicted molar refractivity (Wildman–Crippen MR) is 93.3 cm³/mol. The Morgan fingerprint density at radius 1 is 0.958 bits per heavy atom. The van der Waals surface area contributed by atoms with Gasteiger partial charge in [0.1, 0.15) is 5.75 Å². The van der Waals surface area contributed by atoms with Gasteiger partial charge in [-0.2, -0.15) is 0 Å². The summed E-state index contributed by atoms with van der Waals surface area (Å²) in [6, 6.07) is 14.3. The summed E-state index contributed by atoms with van der Waals surface area (Å²) in [6.07, 6.45) is 3.52. The first-order valence-corrected chi connectivity index (χ1v) is 7.50. The lowest BCUT2D eigenvalue weighted by atomic mass is 10.1. The number of ether oxygens (including phenoxy) is 1. The molecule has 0 aliphatic heterocycles. The molecule has 1 aromatic heterocycles. The first-order chi connectivity index (χ1) is 11.7. The van der Waals surface area contributed by atoms with Crippen molar-refractivity contribution in [3.8, 4) is 28.4 Å². The maximum Gasteiger partial charge on any atom is 0.160 e. The Balaban J connectivity index is 1.73. The van der Waals surface area contributed by atoms with Crippen LogP contribution < -0.4 is 10.1 Å². The number of phenolic OH excluding ortho intramolecular Hbond substituents is 2. The summed E-state index contributed by atoms with van der Waals surface area (Å²) in [5.41, 5.74) is 3.74. The Bertz CT molecular complexity index is 832. The number of phenols is 2. The summed E-state index contributed by atoms with van der Waals surface area (Å²) in [7, 11) is 1.52.